The summed E-state index contributed by atoms with van der Waals surface area (Å²) in [5.41, 5.74) is 4.80. The Morgan fingerprint density at radius 2 is 2.21 bits per heavy atom. The molecular formula is C17H18O2. The van der Waals surface area contributed by atoms with Crippen molar-refractivity contribution in [1.82, 2.24) is 0 Å². The van der Waals surface area contributed by atoms with Gasteiger partial charge in [0, 0.05) is 11.1 Å². The molecule has 0 amide bonds. The molecule has 0 N–H and O–H groups in total. The van der Waals surface area contributed by atoms with E-state index in [0.717, 1.165) is 36.5 Å². The average molecular weight is 254 g/mol. The molecule has 1 aromatic carbocycles. The van der Waals surface area contributed by atoms with E-state index in [0.29, 0.717) is 6.61 Å². The highest BCUT2D eigenvalue weighted by atomic mass is 16.5. The summed E-state index contributed by atoms with van der Waals surface area (Å²) in [6.45, 7) is 7.26. The predicted octanol–water partition coefficient (Wildman–Crippen LogP) is 3.92. The summed E-state index contributed by atoms with van der Waals surface area (Å²) in [4.78, 5) is 0. The molecule has 2 heteroatoms. The number of ether oxygens (including phenoxy) is 2. The lowest BCUT2D eigenvalue weighted by molar-refractivity contribution is 0.277. The van der Waals surface area contributed by atoms with E-state index < -0.39 is 0 Å². The first-order valence-electron chi connectivity index (χ1n) is 6.71. The van der Waals surface area contributed by atoms with Gasteiger partial charge >= 0.3 is 0 Å². The molecule has 19 heavy (non-hydrogen) atoms. The second-order valence-corrected chi connectivity index (χ2v) is 4.96. The zero-order chi connectivity index (χ0) is 13.2. The third-order valence-electron chi connectivity index (χ3n) is 3.65. The van der Waals surface area contributed by atoms with Gasteiger partial charge in [0.1, 0.15) is 18.1 Å². The van der Waals surface area contributed by atoms with E-state index in [4.69, 9.17) is 9.47 Å². The molecule has 0 saturated carbocycles. The van der Waals surface area contributed by atoms with E-state index >= 15 is 0 Å². The first-order valence-corrected chi connectivity index (χ1v) is 6.71. The maximum atomic E-state index is 5.98. The van der Waals surface area contributed by atoms with E-state index in [1.807, 2.05) is 12.2 Å². The molecule has 0 radical (unpaired) electrons. The van der Waals surface area contributed by atoms with Gasteiger partial charge in [-0.1, -0.05) is 18.7 Å². The van der Waals surface area contributed by atoms with Crippen molar-refractivity contribution in [3.63, 3.8) is 0 Å². The van der Waals surface area contributed by atoms with Gasteiger partial charge in [-0.15, -0.1) is 0 Å². The Hall–Kier alpha value is -1.96. The van der Waals surface area contributed by atoms with Crippen LogP contribution in [0.1, 0.15) is 24.5 Å². The van der Waals surface area contributed by atoms with E-state index in [2.05, 4.69) is 31.7 Å². The maximum Gasteiger partial charge on any atom is 0.133 e. The van der Waals surface area contributed by atoms with Crippen LogP contribution in [-0.4, -0.2) is 13.2 Å². The van der Waals surface area contributed by atoms with Crippen molar-refractivity contribution >= 4 is 6.08 Å². The molecular weight excluding hydrogens is 236 g/mol. The highest BCUT2D eigenvalue weighted by Gasteiger charge is 2.21. The average Bonchev–Trinajstić information content (AvgIpc) is 2.46. The number of benzene rings is 1. The summed E-state index contributed by atoms with van der Waals surface area (Å²) in [6, 6.07) is 4.14. The Morgan fingerprint density at radius 3 is 3.05 bits per heavy atom. The van der Waals surface area contributed by atoms with Crippen LogP contribution in [0.2, 0.25) is 0 Å². The molecule has 0 spiro atoms. The van der Waals surface area contributed by atoms with Gasteiger partial charge in [0.25, 0.3) is 0 Å². The van der Waals surface area contributed by atoms with Gasteiger partial charge in [-0.25, -0.2) is 0 Å². The molecule has 0 fully saturated rings. The van der Waals surface area contributed by atoms with Crippen LogP contribution in [0.4, 0.5) is 0 Å². The van der Waals surface area contributed by atoms with Crippen molar-refractivity contribution in [2.24, 2.45) is 0 Å². The van der Waals surface area contributed by atoms with Gasteiger partial charge in [-0.3, -0.25) is 0 Å². The lowest BCUT2D eigenvalue weighted by Crippen LogP contribution is -2.14. The lowest BCUT2D eigenvalue weighted by atomic mass is 9.96. The SMILES string of the molecule is C=C/C=C(\C)C1=Cc2ccc3c(c2OC1)CCCO3. The second kappa shape index (κ2) is 4.96. The Kier molecular flexibility index (Phi) is 3.16. The fourth-order valence-electron chi connectivity index (χ4n) is 2.61. The molecule has 2 aliphatic heterocycles. The number of rotatable bonds is 2. The standard InChI is InChI=1S/C17H18O2/c1-3-5-12(2)14-10-13-7-8-16-15(6-4-9-18-16)17(13)19-11-14/h3,5,7-8,10H,1,4,6,9,11H2,2H3/b12-5+. The summed E-state index contributed by atoms with van der Waals surface area (Å²) in [6.07, 6.45) is 8.15. The van der Waals surface area contributed by atoms with Gasteiger partial charge in [-0.05, 0) is 49.1 Å². The fourth-order valence-corrected chi connectivity index (χ4v) is 2.61. The number of fused-ring (bicyclic) bond motifs is 3. The third kappa shape index (κ3) is 2.19. The Morgan fingerprint density at radius 1 is 1.32 bits per heavy atom. The summed E-state index contributed by atoms with van der Waals surface area (Å²) in [5.74, 6) is 1.99. The first kappa shape index (κ1) is 12.1. The van der Waals surface area contributed by atoms with Crippen LogP contribution in [0.25, 0.3) is 6.08 Å². The minimum absolute atomic E-state index is 0.625. The van der Waals surface area contributed by atoms with Crippen LogP contribution in [0.15, 0.2) is 42.0 Å². The van der Waals surface area contributed by atoms with Crippen molar-refractivity contribution in [2.45, 2.75) is 19.8 Å². The zero-order valence-corrected chi connectivity index (χ0v) is 11.2. The van der Waals surface area contributed by atoms with E-state index in [1.165, 1.54) is 16.7 Å². The number of hydrogen-bond acceptors (Lipinski definition) is 2. The Labute approximate surface area is 114 Å². The Balaban J connectivity index is 2.03. The topological polar surface area (TPSA) is 18.5 Å². The van der Waals surface area contributed by atoms with Crippen molar-refractivity contribution < 1.29 is 9.47 Å². The van der Waals surface area contributed by atoms with Crippen LogP contribution in [0, 0.1) is 0 Å². The molecule has 2 nitrogen and oxygen atoms in total. The number of hydrogen-bond donors (Lipinski definition) is 0. The van der Waals surface area contributed by atoms with Crippen molar-refractivity contribution in [3.05, 3.63) is 53.1 Å². The van der Waals surface area contributed by atoms with E-state index in [1.54, 1.807) is 0 Å². The van der Waals surface area contributed by atoms with Crippen LogP contribution in [0.3, 0.4) is 0 Å². The summed E-state index contributed by atoms with van der Waals surface area (Å²) in [7, 11) is 0. The molecule has 0 aromatic heterocycles. The Bertz CT molecular complexity index is 579. The third-order valence-corrected chi connectivity index (χ3v) is 3.65. The molecule has 0 unspecified atom stereocenters. The van der Waals surface area contributed by atoms with Gasteiger partial charge in [0.05, 0.1) is 6.61 Å². The quantitative estimate of drug-likeness (QED) is 0.745. The molecule has 0 atom stereocenters. The smallest absolute Gasteiger partial charge is 0.133 e. The molecule has 0 aliphatic carbocycles. The molecule has 2 aliphatic rings. The largest absolute Gasteiger partial charge is 0.493 e. The molecule has 1 aromatic rings. The summed E-state index contributed by atoms with van der Waals surface area (Å²) in [5, 5.41) is 0. The normalized spacial score (nSPS) is 17.5. The van der Waals surface area contributed by atoms with Crippen LogP contribution in [-0.2, 0) is 6.42 Å². The minimum Gasteiger partial charge on any atom is -0.493 e. The van der Waals surface area contributed by atoms with Crippen LogP contribution in [0.5, 0.6) is 11.5 Å². The van der Waals surface area contributed by atoms with Crippen LogP contribution >= 0.6 is 0 Å². The molecule has 98 valence electrons. The fraction of sp³-hybridized carbons (Fsp3) is 0.294. The molecule has 3 rings (SSSR count). The molecule has 0 saturated heterocycles. The van der Waals surface area contributed by atoms with Gasteiger partial charge in [0.2, 0.25) is 0 Å². The maximum absolute atomic E-state index is 5.98. The van der Waals surface area contributed by atoms with Gasteiger partial charge < -0.3 is 9.47 Å². The second-order valence-electron chi connectivity index (χ2n) is 4.96. The number of allylic oxidation sites excluding steroid dienone is 2. The molecule has 0 bridgehead atoms. The highest BCUT2D eigenvalue weighted by Crippen LogP contribution is 2.39. The van der Waals surface area contributed by atoms with Gasteiger partial charge in [0.15, 0.2) is 0 Å². The lowest BCUT2D eigenvalue weighted by Gasteiger charge is -2.25. The summed E-state index contributed by atoms with van der Waals surface area (Å²) >= 11 is 0. The molecule has 2 heterocycles. The summed E-state index contributed by atoms with van der Waals surface area (Å²) < 4.78 is 11.7. The van der Waals surface area contributed by atoms with Gasteiger partial charge in [-0.2, -0.15) is 0 Å². The van der Waals surface area contributed by atoms with Crippen molar-refractivity contribution in [3.8, 4) is 11.5 Å². The predicted molar refractivity (Wildman–Crippen MR) is 77.7 cm³/mol. The van der Waals surface area contributed by atoms with E-state index in [-0.39, 0.29) is 0 Å². The monoisotopic (exact) mass is 254 g/mol. The first-order chi connectivity index (χ1) is 9.29. The van der Waals surface area contributed by atoms with Crippen molar-refractivity contribution in [2.75, 3.05) is 13.2 Å². The zero-order valence-electron chi connectivity index (χ0n) is 11.2. The van der Waals surface area contributed by atoms with Crippen molar-refractivity contribution in [1.29, 1.82) is 0 Å². The van der Waals surface area contributed by atoms with E-state index in [9.17, 15) is 0 Å². The van der Waals surface area contributed by atoms with Crippen LogP contribution < -0.4 is 9.47 Å². The highest BCUT2D eigenvalue weighted by molar-refractivity contribution is 5.69. The minimum atomic E-state index is 0.625.